The number of amides is 3. The first-order valence-electron chi connectivity index (χ1n) is 5.53. The smallest absolute Gasteiger partial charge is 0.344 e. The Hall–Kier alpha value is -2.77. The Morgan fingerprint density at radius 2 is 1.70 bits per heavy atom. The number of ether oxygens (including phenoxy) is 3. The van der Waals surface area contributed by atoms with E-state index in [1.165, 1.54) is 7.11 Å². The molecule has 8 nitrogen and oxygen atoms in total. The van der Waals surface area contributed by atoms with Crippen molar-refractivity contribution >= 4 is 17.9 Å². The fourth-order valence-corrected chi connectivity index (χ4v) is 1.18. The summed E-state index contributed by atoms with van der Waals surface area (Å²) in [5.74, 6) is -0.455. The number of nitrogens with two attached hydrogens (primary N) is 1. The molecule has 0 fully saturated rings. The van der Waals surface area contributed by atoms with Crippen molar-refractivity contribution in [1.82, 2.24) is 5.32 Å². The third kappa shape index (κ3) is 5.71. The largest absolute Gasteiger partial charge is 0.497 e. The molecular weight excluding hydrogens is 268 g/mol. The zero-order chi connectivity index (χ0) is 15.0. The fraction of sp³-hybridized carbons (Fsp3) is 0.250. The predicted molar refractivity (Wildman–Crippen MR) is 67.2 cm³/mol. The number of hydrogen-bond acceptors (Lipinski definition) is 6. The Morgan fingerprint density at radius 3 is 2.25 bits per heavy atom. The molecule has 3 amide bonds. The number of rotatable bonds is 6. The van der Waals surface area contributed by atoms with E-state index >= 15 is 0 Å². The molecule has 0 unspecified atom stereocenters. The molecule has 0 atom stereocenters. The molecule has 0 saturated carbocycles. The number of primary amides is 1. The average Bonchev–Trinajstić information content (AvgIpc) is 2.42. The summed E-state index contributed by atoms with van der Waals surface area (Å²) in [7, 11) is 1.53. The Balaban J connectivity index is 2.28. The van der Waals surface area contributed by atoms with Gasteiger partial charge in [-0.2, -0.15) is 0 Å². The van der Waals surface area contributed by atoms with Crippen LogP contribution in [0.15, 0.2) is 24.3 Å². The second-order valence-corrected chi connectivity index (χ2v) is 3.54. The van der Waals surface area contributed by atoms with Gasteiger partial charge in [-0.25, -0.2) is 9.59 Å². The van der Waals surface area contributed by atoms with Crippen LogP contribution in [0.4, 0.5) is 4.79 Å². The molecule has 20 heavy (non-hydrogen) atoms. The third-order valence-electron chi connectivity index (χ3n) is 2.04. The van der Waals surface area contributed by atoms with Crippen molar-refractivity contribution < 1.29 is 28.6 Å². The first kappa shape index (κ1) is 15.3. The van der Waals surface area contributed by atoms with Crippen LogP contribution in [-0.4, -0.2) is 38.2 Å². The van der Waals surface area contributed by atoms with E-state index in [9.17, 15) is 14.4 Å². The molecule has 1 aromatic rings. The summed E-state index contributed by atoms with van der Waals surface area (Å²) in [4.78, 5) is 32.6. The van der Waals surface area contributed by atoms with Crippen LogP contribution >= 0.6 is 0 Å². The monoisotopic (exact) mass is 282 g/mol. The number of hydrogen-bond donors (Lipinski definition) is 2. The molecule has 1 aromatic carbocycles. The lowest BCUT2D eigenvalue weighted by Crippen LogP contribution is -2.38. The number of imide groups is 1. The molecule has 1 rings (SSSR count). The molecule has 0 spiro atoms. The van der Waals surface area contributed by atoms with Crippen molar-refractivity contribution in [2.75, 3.05) is 20.3 Å². The molecule has 0 aliphatic carbocycles. The van der Waals surface area contributed by atoms with Crippen LogP contribution in [0.5, 0.6) is 11.5 Å². The highest BCUT2D eigenvalue weighted by atomic mass is 16.6. The molecule has 0 aliphatic heterocycles. The molecule has 3 N–H and O–H groups in total. The molecule has 0 heterocycles. The number of carbonyl (C=O) groups excluding carboxylic acids is 3. The standard InChI is InChI=1S/C12H14N2O6/c1-18-8-2-4-9(5-3-8)19-7-11(16)20-6-10(15)14-12(13)17/h2-5H,6-7H2,1H3,(H3,13,14,15,17). The number of nitrogens with one attached hydrogen (secondary N) is 1. The van der Waals surface area contributed by atoms with Gasteiger partial charge in [0, 0.05) is 0 Å². The van der Waals surface area contributed by atoms with Gasteiger partial charge in [0.05, 0.1) is 7.11 Å². The van der Waals surface area contributed by atoms with E-state index in [2.05, 4.69) is 4.74 Å². The van der Waals surface area contributed by atoms with Crippen molar-refractivity contribution in [2.24, 2.45) is 5.73 Å². The lowest BCUT2D eigenvalue weighted by molar-refractivity contribution is -0.150. The summed E-state index contributed by atoms with van der Waals surface area (Å²) in [5, 5.41) is 1.75. The summed E-state index contributed by atoms with van der Waals surface area (Å²) in [5.41, 5.74) is 4.71. The van der Waals surface area contributed by atoms with Crippen LogP contribution in [0.2, 0.25) is 0 Å². The summed E-state index contributed by atoms with van der Waals surface area (Å²) in [6.45, 7) is -0.968. The van der Waals surface area contributed by atoms with Crippen LogP contribution in [0.1, 0.15) is 0 Å². The summed E-state index contributed by atoms with van der Waals surface area (Å²) in [6, 6.07) is 5.56. The average molecular weight is 282 g/mol. The molecule has 0 bridgehead atoms. The minimum atomic E-state index is -1.01. The lowest BCUT2D eigenvalue weighted by Gasteiger charge is -2.07. The van der Waals surface area contributed by atoms with Crippen molar-refractivity contribution in [2.45, 2.75) is 0 Å². The maximum absolute atomic E-state index is 11.3. The van der Waals surface area contributed by atoms with Gasteiger partial charge in [-0.05, 0) is 24.3 Å². The maximum atomic E-state index is 11.3. The zero-order valence-corrected chi connectivity index (χ0v) is 10.8. The predicted octanol–water partition coefficient (Wildman–Crippen LogP) is -0.188. The van der Waals surface area contributed by atoms with Gasteiger partial charge in [0.25, 0.3) is 5.91 Å². The van der Waals surface area contributed by atoms with Gasteiger partial charge in [0.15, 0.2) is 13.2 Å². The van der Waals surface area contributed by atoms with E-state index in [1.54, 1.807) is 29.6 Å². The molecule has 8 heteroatoms. The van der Waals surface area contributed by atoms with Gasteiger partial charge in [0.1, 0.15) is 11.5 Å². The summed E-state index contributed by atoms with van der Waals surface area (Å²) >= 11 is 0. The van der Waals surface area contributed by atoms with E-state index in [0.717, 1.165) is 0 Å². The minimum Gasteiger partial charge on any atom is -0.497 e. The number of carbonyl (C=O) groups is 3. The number of urea groups is 1. The Morgan fingerprint density at radius 1 is 1.10 bits per heavy atom. The summed E-state index contributed by atoms with van der Waals surface area (Å²) in [6.07, 6.45) is 0. The Kier molecular flexibility index (Phi) is 5.82. The van der Waals surface area contributed by atoms with Gasteiger partial charge in [-0.3, -0.25) is 10.1 Å². The van der Waals surface area contributed by atoms with Crippen molar-refractivity contribution in [3.8, 4) is 11.5 Å². The topological polar surface area (TPSA) is 117 Å². The van der Waals surface area contributed by atoms with Crippen LogP contribution in [0.3, 0.4) is 0 Å². The zero-order valence-electron chi connectivity index (χ0n) is 10.8. The van der Waals surface area contributed by atoms with Crippen LogP contribution in [0, 0.1) is 0 Å². The van der Waals surface area contributed by atoms with Crippen LogP contribution in [0.25, 0.3) is 0 Å². The van der Waals surface area contributed by atoms with E-state index in [1.807, 2.05) is 0 Å². The molecule has 108 valence electrons. The maximum Gasteiger partial charge on any atom is 0.344 e. The van der Waals surface area contributed by atoms with Gasteiger partial charge in [-0.1, -0.05) is 0 Å². The third-order valence-corrected chi connectivity index (χ3v) is 2.04. The first-order chi connectivity index (χ1) is 9.51. The molecule has 0 saturated heterocycles. The number of esters is 1. The van der Waals surface area contributed by atoms with Gasteiger partial charge in [-0.15, -0.1) is 0 Å². The van der Waals surface area contributed by atoms with E-state index in [0.29, 0.717) is 11.5 Å². The van der Waals surface area contributed by atoms with Crippen molar-refractivity contribution in [3.05, 3.63) is 24.3 Å². The summed E-state index contributed by atoms with van der Waals surface area (Å²) < 4.78 is 14.7. The normalized spacial score (nSPS) is 9.45. The Labute approximate surface area is 114 Å². The quantitative estimate of drug-likeness (QED) is 0.698. The molecular formula is C12H14N2O6. The van der Waals surface area contributed by atoms with Crippen molar-refractivity contribution in [1.29, 1.82) is 0 Å². The SMILES string of the molecule is COc1ccc(OCC(=O)OCC(=O)NC(N)=O)cc1. The second kappa shape index (κ2) is 7.62. The van der Waals surface area contributed by atoms with E-state index in [-0.39, 0.29) is 6.61 Å². The van der Waals surface area contributed by atoms with Gasteiger partial charge >= 0.3 is 12.0 Å². The molecule has 0 radical (unpaired) electrons. The van der Waals surface area contributed by atoms with Crippen LogP contribution < -0.4 is 20.5 Å². The van der Waals surface area contributed by atoms with Crippen molar-refractivity contribution in [3.63, 3.8) is 0 Å². The fourth-order valence-electron chi connectivity index (χ4n) is 1.18. The first-order valence-corrected chi connectivity index (χ1v) is 5.53. The highest BCUT2D eigenvalue weighted by Crippen LogP contribution is 2.16. The number of benzene rings is 1. The second-order valence-electron chi connectivity index (χ2n) is 3.54. The van der Waals surface area contributed by atoms with E-state index in [4.69, 9.17) is 15.2 Å². The molecule has 0 aliphatic rings. The highest BCUT2D eigenvalue weighted by Gasteiger charge is 2.09. The molecule has 0 aromatic heterocycles. The number of methoxy groups -OCH3 is 1. The van der Waals surface area contributed by atoms with E-state index < -0.39 is 24.5 Å². The van der Waals surface area contributed by atoms with Gasteiger partial charge < -0.3 is 19.9 Å². The minimum absolute atomic E-state index is 0.365. The lowest BCUT2D eigenvalue weighted by atomic mass is 10.3. The Bertz CT molecular complexity index is 485. The highest BCUT2D eigenvalue weighted by molar-refractivity contribution is 5.94. The van der Waals surface area contributed by atoms with Crippen LogP contribution in [-0.2, 0) is 14.3 Å². The van der Waals surface area contributed by atoms with Gasteiger partial charge in [0.2, 0.25) is 0 Å².